The van der Waals surface area contributed by atoms with Crippen LogP contribution in [0.15, 0.2) is 18.2 Å². The molecular weight excluding hydrogens is 206 g/mol. The molecule has 2 N–H and O–H groups in total. The molecule has 1 aromatic rings. The van der Waals surface area contributed by atoms with Crippen molar-refractivity contribution in [2.45, 2.75) is 13.0 Å². The SMILES string of the molecule is COc1ccc(C(C)NCCO)cc1OC. The zero-order valence-corrected chi connectivity index (χ0v) is 9.99. The van der Waals surface area contributed by atoms with Crippen molar-refractivity contribution >= 4 is 0 Å². The molecule has 16 heavy (non-hydrogen) atoms. The first-order chi connectivity index (χ1) is 7.72. The molecule has 0 saturated carbocycles. The topological polar surface area (TPSA) is 50.7 Å². The summed E-state index contributed by atoms with van der Waals surface area (Å²) in [5.41, 5.74) is 1.10. The molecule has 0 amide bonds. The van der Waals surface area contributed by atoms with E-state index in [0.717, 1.165) is 17.1 Å². The predicted molar refractivity (Wildman–Crippen MR) is 63.0 cm³/mol. The van der Waals surface area contributed by atoms with Crippen LogP contribution in [-0.2, 0) is 0 Å². The van der Waals surface area contributed by atoms with Crippen LogP contribution in [0.2, 0.25) is 0 Å². The molecule has 4 nitrogen and oxygen atoms in total. The van der Waals surface area contributed by atoms with E-state index in [2.05, 4.69) is 5.32 Å². The maximum atomic E-state index is 8.74. The minimum Gasteiger partial charge on any atom is -0.493 e. The van der Waals surface area contributed by atoms with Gasteiger partial charge in [-0.1, -0.05) is 6.07 Å². The number of methoxy groups -OCH3 is 2. The van der Waals surface area contributed by atoms with Gasteiger partial charge in [0.25, 0.3) is 0 Å². The van der Waals surface area contributed by atoms with E-state index in [-0.39, 0.29) is 12.6 Å². The Hall–Kier alpha value is -1.26. The summed E-state index contributed by atoms with van der Waals surface area (Å²) in [4.78, 5) is 0. The molecule has 0 fully saturated rings. The highest BCUT2D eigenvalue weighted by Gasteiger charge is 2.09. The van der Waals surface area contributed by atoms with Crippen LogP contribution in [0, 0.1) is 0 Å². The summed E-state index contributed by atoms with van der Waals surface area (Å²) < 4.78 is 10.4. The zero-order valence-electron chi connectivity index (χ0n) is 9.99. The molecule has 1 atom stereocenters. The van der Waals surface area contributed by atoms with Crippen LogP contribution in [0.1, 0.15) is 18.5 Å². The molecule has 1 unspecified atom stereocenters. The molecule has 0 radical (unpaired) electrons. The number of nitrogens with one attached hydrogen (secondary N) is 1. The van der Waals surface area contributed by atoms with Crippen molar-refractivity contribution in [1.29, 1.82) is 0 Å². The normalized spacial score (nSPS) is 12.2. The van der Waals surface area contributed by atoms with E-state index in [1.165, 1.54) is 0 Å². The Labute approximate surface area is 96.2 Å². The summed E-state index contributed by atoms with van der Waals surface area (Å²) in [5, 5.41) is 11.9. The lowest BCUT2D eigenvalue weighted by Crippen LogP contribution is -2.22. The molecule has 0 bridgehead atoms. The fourth-order valence-corrected chi connectivity index (χ4v) is 1.52. The Bertz CT molecular complexity index is 328. The molecule has 0 aliphatic carbocycles. The maximum absolute atomic E-state index is 8.74. The molecule has 4 heteroatoms. The van der Waals surface area contributed by atoms with E-state index in [9.17, 15) is 0 Å². The van der Waals surface area contributed by atoms with Crippen LogP contribution in [0.3, 0.4) is 0 Å². The van der Waals surface area contributed by atoms with Crippen LogP contribution in [0.4, 0.5) is 0 Å². The first-order valence-corrected chi connectivity index (χ1v) is 5.29. The van der Waals surface area contributed by atoms with Crippen molar-refractivity contribution in [2.75, 3.05) is 27.4 Å². The molecule has 0 spiro atoms. The molecule has 0 aliphatic heterocycles. The fraction of sp³-hybridized carbons (Fsp3) is 0.500. The van der Waals surface area contributed by atoms with E-state index < -0.39 is 0 Å². The highest BCUT2D eigenvalue weighted by Crippen LogP contribution is 2.29. The van der Waals surface area contributed by atoms with Gasteiger partial charge in [0.05, 0.1) is 20.8 Å². The first kappa shape index (κ1) is 12.8. The molecule has 0 aliphatic rings. The maximum Gasteiger partial charge on any atom is 0.161 e. The standard InChI is InChI=1S/C12H19NO3/c1-9(13-6-7-14)10-4-5-11(15-2)12(8-10)16-3/h4-5,8-9,13-14H,6-7H2,1-3H3. The lowest BCUT2D eigenvalue weighted by Gasteiger charge is -2.15. The second kappa shape index (κ2) is 6.35. The quantitative estimate of drug-likeness (QED) is 0.767. The summed E-state index contributed by atoms with van der Waals surface area (Å²) in [6.45, 7) is 2.75. The molecule has 0 saturated heterocycles. The monoisotopic (exact) mass is 225 g/mol. The van der Waals surface area contributed by atoms with Gasteiger partial charge in [0.15, 0.2) is 11.5 Å². The Morgan fingerprint density at radius 3 is 2.50 bits per heavy atom. The molecular formula is C12H19NO3. The van der Waals surface area contributed by atoms with Crippen LogP contribution < -0.4 is 14.8 Å². The minimum atomic E-state index is 0.137. The van der Waals surface area contributed by atoms with Crippen LogP contribution in [-0.4, -0.2) is 32.5 Å². The van der Waals surface area contributed by atoms with Crippen molar-refractivity contribution in [3.8, 4) is 11.5 Å². The molecule has 0 aromatic heterocycles. The third-order valence-electron chi connectivity index (χ3n) is 2.47. The molecule has 1 aromatic carbocycles. The van der Waals surface area contributed by atoms with Gasteiger partial charge in [-0.3, -0.25) is 0 Å². The van der Waals surface area contributed by atoms with Gasteiger partial charge < -0.3 is 19.9 Å². The highest BCUT2D eigenvalue weighted by molar-refractivity contribution is 5.43. The van der Waals surface area contributed by atoms with Crippen LogP contribution >= 0.6 is 0 Å². The van der Waals surface area contributed by atoms with Gasteiger partial charge >= 0.3 is 0 Å². The Morgan fingerprint density at radius 2 is 1.94 bits per heavy atom. The summed E-state index contributed by atoms with van der Waals surface area (Å²) in [5.74, 6) is 1.44. The second-order valence-corrected chi connectivity index (χ2v) is 3.51. The number of benzene rings is 1. The summed E-state index contributed by atoms with van der Waals surface area (Å²) >= 11 is 0. The van der Waals surface area contributed by atoms with E-state index >= 15 is 0 Å². The molecule has 90 valence electrons. The van der Waals surface area contributed by atoms with E-state index in [1.54, 1.807) is 14.2 Å². The van der Waals surface area contributed by atoms with Gasteiger partial charge in [0.2, 0.25) is 0 Å². The van der Waals surface area contributed by atoms with Gasteiger partial charge in [-0.25, -0.2) is 0 Å². The van der Waals surface area contributed by atoms with Crippen molar-refractivity contribution in [3.05, 3.63) is 23.8 Å². The van der Waals surface area contributed by atoms with E-state index in [0.29, 0.717) is 6.54 Å². The predicted octanol–water partition coefficient (Wildman–Crippen LogP) is 1.35. The van der Waals surface area contributed by atoms with Gasteiger partial charge in [0.1, 0.15) is 0 Å². The Balaban J connectivity index is 2.81. The Morgan fingerprint density at radius 1 is 1.25 bits per heavy atom. The fourth-order valence-electron chi connectivity index (χ4n) is 1.52. The number of aliphatic hydroxyl groups is 1. The average Bonchev–Trinajstić information content (AvgIpc) is 2.34. The first-order valence-electron chi connectivity index (χ1n) is 5.29. The second-order valence-electron chi connectivity index (χ2n) is 3.51. The van der Waals surface area contributed by atoms with Crippen molar-refractivity contribution in [1.82, 2.24) is 5.32 Å². The number of hydrogen-bond acceptors (Lipinski definition) is 4. The smallest absolute Gasteiger partial charge is 0.161 e. The Kier molecular flexibility index (Phi) is 5.08. The minimum absolute atomic E-state index is 0.137. The van der Waals surface area contributed by atoms with Gasteiger partial charge in [0, 0.05) is 12.6 Å². The number of ether oxygens (including phenoxy) is 2. The lowest BCUT2D eigenvalue weighted by atomic mass is 10.1. The lowest BCUT2D eigenvalue weighted by molar-refractivity contribution is 0.286. The van der Waals surface area contributed by atoms with E-state index in [1.807, 2.05) is 25.1 Å². The highest BCUT2D eigenvalue weighted by atomic mass is 16.5. The summed E-state index contributed by atoms with van der Waals surface area (Å²) in [6.07, 6.45) is 0. The number of aliphatic hydroxyl groups excluding tert-OH is 1. The van der Waals surface area contributed by atoms with Crippen molar-refractivity contribution < 1.29 is 14.6 Å². The largest absolute Gasteiger partial charge is 0.493 e. The van der Waals surface area contributed by atoms with E-state index in [4.69, 9.17) is 14.6 Å². The van der Waals surface area contributed by atoms with Crippen LogP contribution in [0.25, 0.3) is 0 Å². The average molecular weight is 225 g/mol. The summed E-state index contributed by atoms with van der Waals surface area (Å²) in [7, 11) is 3.23. The number of rotatable bonds is 6. The summed E-state index contributed by atoms with van der Waals surface area (Å²) in [6, 6.07) is 5.97. The third kappa shape index (κ3) is 3.12. The number of hydrogen-bond donors (Lipinski definition) is 2. The van der Waals surface area contributed by atoms with Gasteiger partial charge in [-0.2, -0.15) is 0 Å². The van der Waals surface area contributed by atoms with Gasteiger partial charge in [-0.05, 0) is 24.6 Å². The van der Waals surface area contributed by atoms with Crippen LogP contribution in [0.5, 0.6) is 11.5 Å². The zero-order chi connectivity index (χ0) is 12.0. The molecule has 0 heterocycles. The van der Waals surface area contributed by atoms with Gasteiger partial charge in [-0.15, -0.1) is 0 Å². The third-order valence-corrected chi connectivity index (χ3v) is 2.47. The van der Waals surface area contributed by atoms with Crippen molar-refractivity contribution in [2.24, 2.45) is 0 Å². The van der Waals surface area contributed by atoms with Crippen molar-refractivity contribution in [3.63, 3.8) is 0 Å². The molecule has 1 rings (SSSR count).